The Balaban J connectivity index is 0.000000678. The number of anilines is 2. The van der Waals surface area contributed by atoms with Crippen molar-refractivity contribution in [3.8, 4) is 0 Å². The summed E-state index contributed by atoms with van der Waals surface area (Å²) in [4.78, 5) is 57.0. The van der Waals surface area contributed by atoms with Gasteiger partial charge >= 0.3 is 17.6 Å². The van der Waals surface area contributed by atoms with E-state index < -0.39 is 16.9 Å². The molecule has 1 fully saturated rings. The molecule has 36 heavy (non-hydrogen) atoms. The lowest BCUT2D eigenvalue weighted by molar-refractivity contribution is -0.384. The maximum Gasteiger partial charge on any atom is 0.414 e. The largest absolute Gasteiger partial charge is 0.473 e. The maximum absolute atomic E-state index is 12.1. The van der Waals surface area contributed by atoms with Crippen LogP contribution in [0, 0.1) is 10.1 Å². The second-order valence-electron chi connectivity index (χ2n) is 7.88. The Morgan fingerprint density at radius 3 is 2.19 bits per heavy atom. The molecule has 2 aromatic rings. The molecule has 1 aliphatic rings. The van der Waals surface area contributed by atoms with Gasteiger partial charge in [0.2, 0.25) is 0 Å². The Kier molecular flexibility index (Phi) is 9.99. The lowest BCUT2D eigenvalue weighted by atomic mass is 10.2. The lowest BCUT2D eigenvalue weighted by Gasteiger charge is -2.36. The summed E-state index contributed by atoms with van der Waals surface area (Å²) in [6, 6.07) is 5.90. The number of nitrogens with zero attached hydrogens (tertiary/aromatic N) is 5. The Bertz CT molecular complexity index is 1220. The van der Waals surface area contributed by atoms with Crippen molar-refractivity contribution in [1.29, 1.82) is 0 Å². The fraction of sp³-hybridized carbons (Fsp3) is 0.429. The minimum absolute atomic E-state index is 0.0304. The van der Waals surface area contributed by atoms with E-state index in [0.29, 0.717) is 23.1 Å². The molecule has 15 heteroatoms. The minimum Gasteiger partial charge on any atom is -0.473 e. The van der Waals surface area contributed by atoms with Crippen LogP contribution in [0.5, 0.6) is 0 Å². The van der Waals surface area contributed by atoms with Crippen LogP contribution in [-0.4, -0.2) is 80.4 Å². The molecule has 2 heterocycles. The van der Waals surface area contributed by atoms with E-state index in [2.05, 4.69) is 15.1 Å². The van der Waals surface area contributed by atoms with E-state index in [0.717, 1.165) is 43.7 Å². The average molecular weight is 527 g/mol. The van der Waals surface area contributed by atoms with E-state index in [9.17, 15) is 19.7 Å². The third kappa shape index (κ3) is 7.55. The number of hydrogen-bond donors (Lipinski definition) is 3. The highest BCUT2D eigenvalue weighted by atomic mass is 35.5. The van der Waals surface area contributed by atoms with Gasteiger partial charge in [0.1, 0.15) is 5.82 Å². The predicted molar refractivity (Wildman–Crippen MR) is 132 cm³/mol. The fourth-order valence-corrected chi connectivity index (χ4v) is 3.75. The van der Waals surface area contributed by atoms with E-state index in [1.54, 1.807) is 13.1 Å². The van der Waals surface area contributed by atoms with E-state index in [1.165, 1.54) is 29.8 Å². The number of halogens is 1. The summed E-state index contributed by atoms with van der Waals surface area (Å²) in [7, 11) is 3.16. The molecule has 0 bridgehead atoms. The van der Waals surface area contributed by atoms with E-state index in [1.807, 2.05) is 0 Å². The summed E-state index contributed by atoms with van der Waals surface area (Å²) in [6.45, 7) is 4.73. The van der Waals surface area contributed by atoms with Crippen LogP contribution in [0.2, 0.25) is 5.02 Å². The Labute approximate surface area is 210 Å². The van der Waals surface area contributed by atoms with Gasteiger partial charge in [-0.15, -0.1) is 0 Å². The number of aromatic nitrogens is 2. The third-order valence-corrected chi connectivity index (χ3v) is 5.82. The topological polar surface area (TPSA) is 180 Å². The number of nitro benzene ring substituents is 1. The van der Waals surface area contributed by atoms with Crippen molar-refractivity contribution in [2.24, 2.45) is 14.1 Å². The number of nitrogens with one attached hydrogen (secondary N) is 1. The number of carboxylic acids is 2. The molecule has 0 unspecified atom stereocenters. The third-order valence-electron chi connectivity index (χ3n) is 5.51. The van der Waals surface area contributed by atoms with Crippen molar-refractivity contribution < 1.29 is 24.7 Å². The molecule has 1 saturated heterocycles. The highest BCUT2D eigenvalue weighted by Crippen LogP contribution is 2.26. The number of non-ortho nitro benzene ring substituents is 1. The molecule has 0 atom stereocenters. The van der Waals surface area contributed by atoms with Gasteiger partial charge in [-0.1, -0.05) is 11.6 Å². The summed E-state index contributed by atoms with van der Waals surface area (Å²) < 4.78 is 2.61. The van der Waals surface area contributed by atoms with Gasteiger partial charge in [0.25, 0.3) is 11.2 Å². The number of nitro groups is 1. The van der Waals surface area contributed by atoms with Crippen molar-refractivity contribution in [3.05, 3.63) is 60.2 Å². The van der Waals surface area contributed by atoms with Crippen LogP contribution in [0.15, 0.2) is 33.9 Å². The number of carbonyl (C=O) groups is 2. The number of hydrogen-bond acceptors (Lipinski definition) is 9. The number of aliphatic carboxylic acids is 2. The molecule has 1 aromatic heterocycles. The molecule has 196 valence electrons. The van der Waals surface area contributed by atoms with Gasteiger partial charge in [0.05, 0.1) is 15.6 Å². The summed E-state index contributed by atoms with van der Waals surface area (Å²) in [6.07, 6.45) is 0.887. The summed E-state index contributed by atoms with van der Waals surface area (Å²) in [5.74, 6) is -3.00. The molecule has 0 radical (unpaired) electrons. The Morgan fingerprint density at radius 1 is 1.06 bits per heavy atom. The molecular formula is C21H27ClN6O8. The van der Waals surface area contributed by atoms with Crippen LogP contribution in [-0.2, 0) is 23.7 Å². The minimum atomic E-state index is -1.82. The van der Waals surface area contributed by atoms with Crippen LogP contribution >= 0.6 is 11.6 Å². The number of piperazine rings is 1. The number of carboxylic acid groups (broad SMARTS) is 2. The van der Waals surface area contributed by atoms with Crippen LogP contribution in [0.4, 0.5) is 17.2 Å². The highest BCUT2D eigenvalue weighted by molar-refractivity contribution is 6.33. The molecule has 0 saturated carbocycles. The highest BCUT2D eigenvalue weighted by Gasteiger charge is 2.20. The monoisotopic (exact) mass is 526 g/mol. The molecule has 3 rings (SSSR count). The molecule has 0 spiro atoms. The van der Waals surface area contributed by atoms with E-state index in [4.69, 9.17) is 31.4 Å². The van der Waals surface area contributed by atoms with Crippen LogP contribution in [0.25, 0.3) is 0 Å². The van der Waals surface area contributed by atoms with Gasteiger partial charge < -0.3 is 20.4 Å². The molecular weight excluding hydrogens is 500 g/mol. The summed E-state index contributed by atoms with van der Waals surface area (Å²) in [5, 5.41) is 29.1. The van der Waals surface area contributed by atoms with Crippen molar-refractivity contribution in [2.75, 3.05) is 49.5 Å². The fourth-order valence-electron chi connectivity index (χ4n) is 3.51. The van der Waals surface area contributed by atoms with Gasteiger partial charge in [-0.05, 0) is 19.0 Å². The van der Waals surface area contributed by atoms with Crippen LogP contribution in [0.1, 0.15) is 6.42 Å². The zero-order chi connectivity index (χ0) is 27.0. The first kappa shape index (κ1) is 28.3. The SMILES string of the molecule is Cn1c(N2CCN(CCCNc3ccc([N+](=O)[O-])cc3Cl)CC2)cc(=O)n(C)c1=O.O=C(O)C(=O)O. The quantitative estimate of drug-likeness (QED) is 0.197. The molecule has 14 nitrogen and oxygen atoms in total. The summed E-state index contributed by atoms with van der Waals surface area (Å²) >= 11 is 6.09. The standard InChI is InChI=1S/C19H25ClN6O4.C2H2O4/c1-22-17(13-18(27)23(2)19(22)28)25-10-8-24(9-11-25)7-3-6-21-16-5-4-14(26(29)30)12-15(16)20;3-1(4)2(5)6/h4-5,12-13,21H,3,6-11H2,1-2H3;(H,3,4)(H,5,6). The molecule has 0 aliphatic carbocycles. The van der Waals surface area contributed by atoms with Crippen molar-refractivity contribution in [1.82, 2.24) is 14.0 Å². The van der Waals surface area contributed by atoms with Crippen molar-refractivity contribution >= 4 is 40.7 Å². The van der Waals surface area contributed by atoms with Gasteiger partial charge in [-0.3, -0.25) is 28.9 Å². The molecule has 0 amide bonds. The van der Waals surface area contributed by atoms with Gasteiger partial charge in [-0.2, -0.15) is 0 Å². The maximum atomic E-state index is 12.1. The first-order valence-corrected chi connectivity index (χ1v) is 11.2. The zero-order valence-corrected chi connectivity index (χ0v) is 20.5. The first-order chi connectivity index (χ1) is 16.9. The zero-order valence-electron chi connectivity index (χ0n) is 19.7. The first-order valence-electron chi connectivity index (χ1n) is 10.8. The average Bonchev–Trinajstić information content (AvgIpc) is 2.84. The second-order valence-corrected chi connectivity index (χ2v) is 8.29. The van der Waals surface area contributed by atoms with Crippen LogP contribution in [0.3, 0.4) is 0 Å². The second kappa shape index (κ2) is 12.7. The number of benzene rings is 1. The van der Waals surface area contributed by atoms with E-state index >= 15 is 0 Å². The van der Waals surface area contributed by atoms with Crippen molar-refractivity contribution in [3.63, 3.8) is 0 Å². The Hall–Kier alpha value is -3.91. The van der Waals surface area contributed by atoms with Gasteiger partial charge in [0, 0.05) is 65.0 Å². The molecule has 1 aliphatic heterocycles. The van der Waals surface area contributed by atoms with E-state index in [-0.39, 0.29) is 16.9 Å². The van der Waals surface area contributed by atoms with Crippen molar-refractivity contribution in [2.45, 2.75) is 6.42 Å². The summed E-state index contributed by atoms with van der Waals surface area (Å²) in [5.41, 5.74) is 0.0262. The predicted octanol–water partition coefficient (Wildman–Crippen LogP) is 0.425. The van der Waals surface area contributed by atoms with Crippen LogP contribution < -0.4 is 21.5 Å². The Morgan fingerprint density at radius 2 is 1.67 bits per heavy atom. The normalized spacial score (nSPS) is 13.5. The molecule has 1 aromatic carbocycles. The smallest absolute Gasteiger partial charge is 0.414 e. The lowest BCUT2D eigenvalue weighted by Crippen LogP contribution is -2.49. The number of rotatable bonds is 7. The van der Waals surface area contributed by atoms with Gasteiger partial charge in [0.15, 0.2) is 0 Å². The molecule has 3 N–H and O–H groups in total. The van der Waals surface area contributed by atoms with Gasteiger partial charge in [-0.25, -0.2) is 14.4 Å².